The van der Waals surface area contributed by atoms with Gasteiger partial charge in [-0.3, -0.25) is 4.79 Å². The van der Waals surface area contributed by atoms with Crippen LogP contribution >= 0.6 is 11.8 Å². The molecule has 0 atom stereocenters. The molecule has 0 fully saturated rings. The van der Waals surface area contributed by atoms with Gasteiger partial charge in [0.25, 0.3) is 5.91 Å². The second kappa shape index (κ2) is 8.46. The first-order chi connectivity index (χ1) is 13.0. The molecule has 140 valence electrons. The highest BCUT2D eigenvalue weighted by atomic mass is 32.2. The molecule has 2 N–H and O–H groups in total. The van der Waals surface area contributed by atoms with Crippen LogP contribution in [-0.2, 0) is 6.54 Å². The molecule has 0 aliphatic rings. The summed E-state index contributed by atoms with van der Waals surface area (Å²) >= 11 is 1.67. The Morgan fingerprint density at radius 2 is 1.81 bits per heavy atom. The number of carbonyl (C=O) groups excluding carboxylic acids is 1. The van der Waals surface area contributed by atoms with Crippen molar-refractivity contribution >= 4 is 23.4 Å². The standard InChI is InChI=1S/C22H24N2O2S/c1-15-6-4-5-7-19(15)21-16(2)20(14-24(21)12-13-25)22(26)23-17-8-10-18(27-3)11-9-17/h4-11,14,25H,12-13H2,1-3H3,(H,23,26). The van der Waals surface area contributed by atoms with Crippen LogP contribution in [0.25, 0.3) is 11.3 Å². The Balaban J connectivity index is 1.96. The maximum atomic E-state index is 12.9. The summed E-state index contributed by atoms with van der Waals surface area (Å²) in [5.41, 5.74) is 5.49. The van der Waals surface area contributed by atoms with E-state index in [0.717, 1.165) is 33.0 Å². The Kier molecular flexibility index (Phi) is 6.04. The molecule has 1 amide bonds. The average Bonchev–Trinajstić information content (AvgIpc) is 2.99. The summed E-state index contributed by atoms with van der Waals surface area (Å²) in [6.07, 6.45) is 3.85. The quantitative estimate of drug-likeness (QED) is 0.608. The van der Waals surface area contributed by atoms with Crippen LogP contribution in [-0.4, -0.2) is 28.4 Å². The molecule has 1 heterocycles. The summed E-state index contributed by atoms with van der Waals surface area (Å²) in [6, 6.07) is 15.9. The predicted molar refractivity (Wildman–Crippen MR) is 113 cm³/mol. The van der Waals surface area contributed by atoms with E-state index < -0.39 is 0 Å². The van der Waals surface area contributed by atoms with E-state index in [0.29, 0.717) is 12.1 Å². The van der Waals surface area contributed by atoms with Gasteiger partial charge in [-0.2, -0.15) is 0 Å². The molecular formula is C22H24N2O2S. The van der Waals surface area contributed by atoms with Crippen LogP contribution in [0.2, 0.25) is 0 Å². The van der Waals surface area contributed by atoms with E-state index >= 15 is 0 Å². The fourth-order valence-corrected chi connectivity index (χ4v) is 3.65. The van der Waals surface area contributed by atoms with Gasteiger partial charge >= 0.3 is 0 Å². The van der Waals surface area contributed by atoms with Crippen LogP contribution in [0.15, 0.2) is 59.6 Å². The largest absolute Gasteiger partial charge is 0.395 e. The Morgan fingerprint density at radius 3 is 2.44 bits per heavy atom. The number of nitrogens with zero attached hydrogens (tertiary/aromatic N) is 1. The molecule has 0 bridgehead atoms. The number of aryl methyl sites for hydroxylation is 1. The van der Waals surface area contributed by atoms with Crippen molar-refractivity contribution in [3.63, 3.8) is 0 Å². The SMILES string of the molecule is CSc1ccc(NC(=O)c2cn(CCO)c(-c3ccccc3C)c2C)cc1. The molecule has 2 aromatic carbocycles. The number of anilines is 1. The van der Waals surface area contributed by atoms with Crippen molar-refractivity contribution in [2.45, 2.75) is 25.3 Å². The number of hydrogen-bond donors (Lipinski definition) is 2. The second-order valence-electron chi connectivity index (χ2n) is 6.43. The van der Waals surface area contributed by atoms with Gasteiger partial charge in [-0.1, -0.05) is 24.3 Å². The Labute approximate surface area is 164 Å². The fraction of sp³-hybridized carbons (Fsp3) is 0.227. The lowest BCUT2D eigenvalue weighted by Crippen LogP contribution is -2.12. The molecular weight excluding hydrogens is 356 g/mol. The van der Waals surface area contributed by atoms with Crippen LogP contribution < -0.4 is 5.32 Å². The van der Waals surface area contributed by atoms with Gasteiger partial charge in [0.1, 0.15) is 0 Å². The highest BCUT2D eigenvalue weighted by Gasteiger charge is 2.20. The third kappa shape index (κ3) is 4.10. The summed E-state index contributed by atoms with van der Waals surface area (Å²) in [6.45, 7) is 4.48. The summed E-state index contributed by atoms with van der Waals surface area (Å²) < 4.78 is 1.96. The highest BCUT2D eigenvalue weighted by molar-refractivity contribution is 7.98. The van der Waals surface area contributed by atoms with Gasteiger partial charge in [-0.15, -0.1) is 11.8 Å². The number of benzene rings is 2. The summed E-state index contributed by atoms with van der Waals surface area (Å²) in [5.74, 6) is -0.143. The molecule has 0 aliphatic carbocycles. The molecule has 0 aliphatic heterocycles. The average molecular weight is 381 g/mol. The number of thioether (sulfide) groups is 1. The topological polar surface area (TPSA) is 54.3 Å². The van der Waals surface area contributed by atoms with E-state index in [1.165, 1.54) is 0 Å². The number of amides is 1. The van der Waals surface area contributed by atoms with E-state index in [1.54, 1.807) is 11.8 Å². The zero-order valence-corrected chi connectivity index (χ0v) is 16.6. The van der Waals surface area contributed by atoms with E-state index in [9.17, 15) is 9.90 Å². The summed E-state index contributed by atoms with van der Waals surface area (Å²) in [7, 11) is 0. The van der Waals surface area contributed by atoms with Crippen LogP contribution in [0, 0.1) is 13.8 Å². The zero-order valence-electron chi connectivity index (χ0n) is 15.8. The van der Waals surface area contributed by atoms with Crippen molar-refractivity contribution in [1.82, 2.24) is 4.57 Å². The summed E-state index contributed by atoms with van der Waals surface area (Å²) in [5, 5.41) is 12.4. The van der Waals surface area contributed by atoms with Crippen molar-refractivity contribution in [2.75, 3.05) is 18.2 Å². The molecule has 1 aromatic heterocycles. The highest BCUT2D eigenvalue weighted by Crippen LogP contribution is 2.31. The molecule has 27 heavy (non-hydrogen) atoms. The van der Waals surface area contributed by atoms with Crippen molar-refractivity contribution in [3.8, 4) is 11.3 Å². The van der Waals surface area contributed by atoms with Gasteiger partial charge in [-0.05, 0) is 55.5 Å². The lowest BCUT2D eigenvalue weighted by atomic mass is 10.0. The van der Waals surface area contributed by atoms with E-state index in [-0.39, 0.29) is 12.5 Å². The molecule has 3 rings (SSSR count). The monoisotopic (exact) mass is 380 g/mol. The van der Waals surface area contributed by atoms with Crippen LogP contribution in [0.4, 0.5) is 5.69 Å². The van der Waals surface area contributed by atoms with E-state index in [4.69, 9.17) is 0 Å². The minimum absolute atomic E-state index is 0.0181. The van der Waals surface area contributed by atoms with Crippen molar-refractivity contribution in [1.29, 1.82) is 0 Å². The molecule has 0 spiro atoms. The van der Waals surface area contributed by atoms with Gasteiger partial charge in [0.15, 0.2) is 0 Å². The molecule has 5 heteroatoms. The Bertz CT molecular complexity index is 945. The van der Waals surface area contributed by atoms with Crippen molar-refractivity contribution < 1.29 is 9.90 Å². The maximum Gasteiger partial charge on any atom is 0.257 e. The minimum atomic E-state index is -0.143. The van der Waals surface area contributed by atoms with Crippen LogP contribution in [0.1, 0.15) is 21.5 Å². The second-order valence-corrected chi connectivity index (χ2v) is 7.31. The molecule has 0 radical (unpaired) electrons. The smallest absolute Gasteiger partial charge is 0.257 e. The molecule has 4 nitrogen and oxygen atoms in total. The molecule has 3 aromatic rings. The number of rotatable bonds is 6. The Hall–Kier alpha value is -2.50. The van der Waals surface area contributed by atoms with Crippen LogP contribution in [0.5, 0.6) is 0 Å². The van der Waals surface area contributed by atoms with E-state index in [2.05, 4.69) is 18.3 Å². The first kappa shape index (κ1) is 19.3. The van der Waals surface area contributed by atoms with Gasteiger partial charge in [0.05, 0.1) is 17.9 Å². The Morgan fingerprint density at radius 1 is 1.11 bits per heavy atom. The van der Waals surface area contributed by atoms with Gasteiger partial charge in [0.2, 0.25) is 0 Å². The lowest BCUT2D eigenvalue weighted by Gasteiger charge is -2.11. The zero-order chi connectivity index (χ0) is 19.4. The third-order valence-electron chi connectivity index (χ3n) is 4.66. The van der Waals surface area contributed by atoms with E-state index in [1.807, 2.05) is 66.4 Å². The number of aliphatic hydroxyl groups is 1. The number of hydrogen-bond acceptors (Lipinski definition) is 3. The fourth-order valence-electron chi connectivity index (χ4n) is 3.24. The predicted octanol–water partition coefficient (Wildman–Crippen LogP) is 4.74. The van der Waals surface area contributed by atoms with Crippen LogP contribution in [0.3, 0.4) is 0 Å². The van der Waals surface area contributed by atoms with Gasteiger partial charge in [0, 0.05) is 28.9 Å². The third-order valence-corrected chi connectivity index (χ3v) is 5.41. The number of carbonyl (C=O) groups is 1. The first-order valence-corrected chi connectivity index (χ1v) is 10.1. The number of nitrogens with one attached hydrogen (secondary N) is 1. The number of aromatic nitrogens is 1. The van der Waals surface area contributed by atoms with Gasteiger partial charge in [-0.25, -0.2) is 0 Å². The lowest BCUT2D eigenvalue weighted by molar-refractivity contribution is 0.102. The normalized spacial score (nSPS) is 10.8. The molecule has 0 unspecified atom stereocenters. The molecule has 0 saturated carbocycles. The maximum absolute atomic E-state index is 12.9. The number of aliphatic hydroxyl groups excluding tert-OH is 1. The first-order valence-electron chi connectivity index (χ1n) is 8.87. The van der Waals surface area contributed by atoms with Gasteiger partial charge < -0.3 is 15.0 Å². The van der Waals surface area contributed by atoms with Crippen molar-refractivity contribution in [2.24, 2.45) is 0 Å². The molecule has 0 saturated heterocycles. The summed E-state index contributed by atoms with van der Waals surface area (Å²) in [4.78, 5) is 14.0. The minimum Gasteiger partial charge on any atom is -0.395 e. The van der Waals surface area contributed by atoms with Crippen molar-refractivity contribution in [3.05, 3.63) is 71.4 Å².